The average Bonchev–Trinajstić information content (AvgIpc) is 2.26. The molecule has 0 radical (unpaired) electrons. The van der Waals surface area contributed by atoms with Gasteiger partial charge in [0.05, 0.1) is 0 Å². The zero-order valence-corrected chi connectivity index (χ0v) is 12.5. The maximum atomic E-state index is 12.2. The van der Waals surface area contributed by atoms with Gasteiger partial charge in [0.1, 0.15) is 11.1 Å². The summed E-state index contributed by atoms with van der Waals surface area (Å²) in [6, 6.07) is 0. The molecule has 110 valence electrons. The molecule has 0 aromatic carbocycles. The molecule has 0 aromatic heterocycles. The first kappa shape index (κ1) is 15.8. The molecule has 0 saturated heterocycles. The number of amides is 1. The summed E-state index contributed by atoms with van der Waals surface area (Å²) in [6.45, 7) is 7.22. The van der Waals surface area contributed by atoms with Crippen molar-refractivity contribution in [1.82, 2.24) is 4.90 Å². The van der Waals surface area contributed by atoms with Gasteiger partial charge in [-0.1, -0.05) is 19.8 Å². The number of nitrogens with zero attached hydrogens (tertiary/aromatic N) is 1. The lowest BCUT2D eigenvalue weighted by Crippen LogP contribution is -2.61. The van der Waals surface area contributed by atoms with Gasteiger partial charge in [-0.2, -0.15) is 0 Å². The largest absolute Gasteiger partial charge is 0.479 e. The Kier molecular flexibility index (Phi) is 4.48. The van der Waals surface area contributed by atoms with Crippen LogP contribution in [0.1, 0.15) is 53.4 Å². The fourth-order valence-corrected chi connectivity index (χ4v) is 2.78. The van der Waals surface area contributed by atoms with Crippen LogP contribution in [0.25, 0.3) is 0 Å². The minimum atomic E-state index is -1.14. The van der Waals surface area contributed by atoms with Gasteiger partial charge < -0.3 is 9.84 Å². The van der Waals surface area contributed by atoms with Gasteiger partial charge in [-0.15, -0.1) is 0 Å². The monoisotopic (exact) mass is 271 g/mol. The van der Waals surface area contributed by atoms with Crippen molar-refractivity contribution in [2.45, 2.75) is 64.5 Å². The van der Waals surface area contributed by atoms with E-state index in [9.17, 15) is 14.7 Å². The maximum absolute atomic E-state index is 12.2. The van der Waals surface area contributed by atoms with Crippen molar-refractivity contribution in [2.75, 3.05) is 7.05 Å². The van der Waals surface area contributed by atoms with E-state index in [-0.39, 0.29) is 5.92 Å². The second kappa shape index (κ2) is 5.39. The number of rotatable bonds is 2. The number of ether oxygens (including phenoxy) is 1. The van der Waals surface area contributed by atoms with Crippen LogP contribution in [0.4, 0.5) is 4.79 Å². The highest BCUT2D eigenvalue weighted by molar-refractivity contribution is 5.85. The van der Waals surface area contributed by atoms with Crippen molar-refractivity contribution < 1.29 is 19.4 Å². The maximum Gasteiger partial charge on any atom is 0.410 e. The molecular weight excluding hydrogens is 246 g/mol. The minimum Gasteiger partial charge on any atom is -0.479 e. The zero-order valence-electron chi connectivity index (χ0n) is 12.5. The van der Waals surface area contributed by atoms with Gasteiger partial charge >= 0.3 is 12.1 Å². The Morgan fingerprint density at radius 1 is 1.32 bits per heavy atom. The normalized spacial score (nSPS) is 27.7. The molecule has 1 amide bonds. The number of carboxylic acid groups (broad SMARTS) is 1. The van der Waals surface area contributed by atoms with Crippen molar-refractivity contribution in [3.63, 3.8) is 0 Å². The third-order valence-corrected chi connectivity index (χ3v) is 3.90. The summed E-state index contributed by atoms with van der Waals surface area (Å²) in [5.41, 5.74) is -1.76. The number of carboxylic acids is 1. The SMILES string of the molecule is CC1CCCCC1(C(=O)O)N(C)C(=O)OC(C)(C)C. The van der Waals surface area contributed by atoms with Crippen molar-refractivity contribution in [1.29, 1.82) is 0 Å². The topological polar surface area (TPSA) is 66.8 Å². The summed E-state index contributed by atoms with van der Waals surface area (Å²) < 4.78 is 5.30. The van der Waals surface area contributed by atoms with E-state index in [4.69, 9.17) is 4.74 Å². The third kappa shape index (κ3) is 3.19. The highest BCUT2D eigenvalue weighted by atomic mass is 16.6. The zero-order chi connectivity index (χ0) is 14.8. The van der Waals surface area contributed by atoms with E-state index in [1.807, 2.05) is 6.92 Å². The molecule has 2 atom stereocenters. The Labute approximate surface area is 114 Å². The Hall–Kier alpha value is -1.26. The Bertz CT molecular complexity index is 361. The van der Waals surface area contributed by atoms with Crippen LogP contribution >= 0.6 is 0 Å². The first-order chi connectivity index (χ1) is 8.61. The Morgan fingerprint density at radius 3 is 2.32 bits per heavy atom. The molecule has 5 heteroatoms. The van der Waals surface area contributed by atoms with Gasteiger partial charge in [0.25, 0.3) is 0 Å². The second-order valence-corrected chi connectivity index (χ2v) is 6.42. The predicted octanol–water partition coefficient (Wildman–Crippen LogP) is 2.89. The quantitative estimate of drug-likeness (QED) is 0.838. The van der Waals surface area contributed by atoms with Crippen LogP contribution in [0.3, 0.4) is 0 Å². The van der Waals surface area contributed by atoms with Crippen LogP contribution in [0.5, 0.6) is 0 Å². The predicted molar refractivity (Wildman–Crippen MR) is 72.0 cm³/mol. The van der Waals surface area contributed by atoms with Gasteiger partial charge in [0.15, 0.2) is 0 Å². The summed E-state index contributed by atoms with van der Waals surface area (Å²) in [7, 11) is 1.53. The second-order valence-electron chi connectivity index (χ2n) is 6.42. The smallest absolute Gasteiger partial charge is 0.410 e. The Balaban J connectivity index is 2.99. The number of carbonyl (C=O) groups excluding carboxylic acids is 1. The number of carbonyl (C=O) groups is 2. The van der Waals surface area contributed by atoms with Crippen LogP contribution in [-0.2, 0) is 9.53 Å². The van der Waals surface area contributed by atoms with Crippen LogP contribution in [0.2, 0.25) is 0 Å². The molecule has 1 saturated carbocycles. The standard InChI is InChI=1S/C14H25NO4/c1-10-8-6-7-9-14(10,11(16)17)15(5)12(18)19-13(2,3)4/h10H,6-9H2,1-5H3,(H,16,17). The van der Waals surface area contributed by atoms with Gasteiger partial charge in [-0.3, -0.25) is 4.90 Å². The lowest BCUT2D eigenvalue weighted by atomic mass is 9.72. The molecule has 0 aromatic rings. The molecule has 1 fully saturated rings. The fraction of sp³-hybridized carbons (Fsp3) is 0.857. The number of hydrogen-bond donors (Lipinski definition) is 1. The van der Waals surface area contributed by atoms with E-state index in [1.54, 1.807) is 20.8 Å². The Morgan fingerprint density at radius 2 is 1.89 bits per heavy atom. The first-order valence-corrected chi connectivity index (χ1v) is 6.81. The van der Waals surface area contributed by atoms with E-state index < -0.39 is 23.2 Å². The molecule has 1 aliphatic carbocycles. The van der Waals surface area contributed by atoms with Crippen molar-refractivity contribution >= 4 is 12.1 Å². The summed E-state index contributed by atoms with van der Waals surface area (Å²) in [5, 5.41) is 9.63. The highest BCUT2D eigenvalue weighted by Crippen LogP contribution is 2.38. The van der Waals surface area contributed by atoms with Gasteiger partial charge in [0, 0.05) is 7.05 Å². The molecule has 5 nitrogen and oxygen atoms in total. The van der Waals surface area contributed by atoms with Crippen LogP contribution in [0.15, 0.2) is 0 Å². The number of likely N-dealkylation sites (N-methyl/N-ethyl adjacent to an activating group) is 1. The number of aliphatic carboxylic acids is 1. The third-order valence-electron chi connectivity index (χ3n) is 3.90. The molecule has 1 N–H and O–H groups in total. The van der Waals surface area contributed by atoms with Crippen LogP contribution in [0, 0.1) is 5.92 Å². The van der Waals surface area contributed by atoms with E-state index >= 15 is 0 Å². The van der Waals surface area contributed by atoms with E-state index in [2.05, 4.69) is 0 Å². The van der Waals surface area contributed by atoms with Crippen LogP contribution < -0.4 is 0 Å². The highest BCUT2D eigenvalue weighted by Gasteiger charge is 2.51. The number of hydrogen-bond acceptors (Lipinski definition) is 3. The van der Waals surface area contributed by atoms with Gasteiger partial charge in [-0.25, -0.2) is 9.59 Å². The molecule has 0 spiro atoms. The lowest BCUT2D eigenvalue weighted by molar-refractivity contribution is -0.156. The molecule has 2 unspecified atom stereocenters. The summed E-state index contributed by atoms with van der Waals surface area (Å²) in [4.78, 5) is 25.2. The molecule has 1 rings (SSSR count). The molecule has 0 aliphatic heterocycles. The summed E-state index contributed by atoms with van der Waals surface area (Å²) >= 11 is 0. The molecule has 0 heterocycles. The molecular formula is C14H25NO4. The van der Waals surface area contributed by atoms with E-state index in [0.29, 0.717) is 6.42 Å². The molecule has 19 heavy (non-hydrogen) atoms. The van der Waals surface area contributed by atoms with E-state index in [0.717, 1.165) is 19.3 Å². The van der Waals surface area contributed by atoms with Crippen molar-refractivity contribution in [3.05, 3.63) is 0 Å². The molecule has 0 bridgehead atoms. The van der Waals surface area contributed by atoms with E-state index in [1.165, 1.54) is 11.9 Å². The van der Waals surface area contributed by atoms with Crippen molar-refractivity contribution in [2.24, 2.45) is 5.92 Å². The van der Waals surface area contributed by atoms with Gasteiger partial charge in [0.2, 0.25) is 0 Å². The molecule has 1 aliphatic rings. The summed E-state index contributed by atoms with van der Waals surface area (Å²) in [5.74, 6) is -1.01. The first-order valence-electron chi connectivity index (χ1n) is 6.81. The summed E-state index contributed by atoms with van der Waals surface area (Å²) in [6.07, 6.45) is 2.57. The van der Waals surface area contributed by atoms with Crippen LogP contribution in [-0.4, -0.2) is 40.3 Å². The van der Waals surface area contributed by atoms with Crippen molar-refractivity contribution in [3.8, 4) is 0 Å². The minimum absolute atomic E-state index is 0.0729. The fourth-order valence-electron chi connectivity index (χ4n) is 2.78. The average molecular weight is 271 g/mol. The van der Waals surface area contributed by atoms with Gasteiger partial charge in [-0.05, 0) is 39.5 Å². The lowest BCUT2D eigenvalue weighted by Gasteiger charge is -2.45.